The van der Waals surface area contributed by atoms with Gasteiger partial charge in [0.1, 0.15) is 0 Å². The lowest BCUT2D eigenvalue weighted by atomic mass is 10.2. The summed E-state index contributed by atoms with van der Waals surface area (Å²) in [5.41, 5.74) is 0. The lowest BCUT2D eigenvalue weighted by Gasteiger charge is -2.29. The maximum atomic E-state index is 11.0. The van der Waals surface area contributed by atoms with Crippen molar-refractivity contribution >= 4 is 11.8 Å². The fourth-order valence-corrected chi connectivity index (χ4v) is 1.55. The van der Waals surface area contributed by atoms with Gasteiger partial charge in [0, 0.05) is 25.2 Å². The minimum atomic E-state index is -0.998. The number of nitrogens with zero attached hydrogens (tertiary/aromatic N) is 1. The molecule has 0 aromatic carbocycles. The van der Waals surface area contributed by atoms with Crippen molar-refractivity contribution in [1.29, 1.82) is 0 Å². The van der Waals surface area contributed by atoms with E-state index in [0.717, 1.165) is 24.0 Å². The molecule has 0 amide bonds. The van der Waals surface area contributed by atoms with Crippen LogP contribution in [0, 0.1) is 0 Å². The molecule has 4 nitrogen and oxygen atoms in total. The third-order valence-electron chi connectivity index (χ3n) is 2.56. The second-order valence-electron chi connectivity index (χ2n) is 4.63. The van der Waals surface area contributed by atoms with Crippen LogP contribution in [0.25, 0.3) is 0 Å². The maximum absolute atomic E-state index is 11.0. The monoisotopic (exact) mass is 227 g/mol. The Kier molecular flexibility index (Phi) is 6.65. The van der Waals surface area contributed by atoms with Crippen molar-refractivity contribution in [1.82, 2.24) is 0 Å². The number of carbonyl (C=O) groups is 2. The van der Waals surface area contributed by atoms with Crippen LogP contribution in [-0.2, 0) is 9.59 Å². The van der Waals surface area contributed by atoms with Crippen molar-refractivity contribution in [3.05, 3.63) is 12.7 Å². The molecule has 0 aromatic heterocycles. The fraction of sp³-hybridized carbons (Fsp3) is 0.667. The second kappa shape index (κ2) is 7.17. The van der Waals surface area contributed by atoms with Gasteiger partial charge in [-0.3, -0.25) is 4.79 Å². The smallest absolute Gasteiger partial charge is 0.155 e. The molecule has 0 saturated carbocycles. The first-order valence-corrected chi connectivity index (χ1v) is 5.54. The highest BCUT2D eigenvalue weighted by Gasteiger charge is 2.14. The van der Waals surface area contributed by atoms with Gasteiger partial charge in [-0.25, -0.2) is 0 Å². The van der Waals surface area contributed by atoms with Crippen LogP contribution in [0.5, 0.6) is 0 Å². The van der Waals surface area contributed by atoms with Crippen LogP contribution in [0.15, 0.2) is 12.7 Å². The summed E-state index contributed by atoms with van der Waals surface area (Å²) in [6.07, 6.45) is 3.39. The van der Waals surface area contributed by atoms with Crippen LogP contribution >= 0.6 is 0 Å². The first-order chi connectivity index (χ1) is 7.37. The number of hydrogen-bond donors (Lipinski definition) is 0. The van der Waals surface area contributed by atoms with E-state index >= 15 is 0 Å². The molecular formula is C12H21NO3. The van der Waals surface area contributed by atoms with Crippen molar-refractivity contribution in [3.63, 3.8) is 0 Å². The average molecular weight is 227 g/mol. The largest absolute Gasteiger partial charge is 0.550 e. The van der Waals surface area contributed by atoms with Crippen LogP contribution in [0.4, 0.5) is 0 Å². The Morgan fingerprint density at radius 2 is 1.69 bits per heavy atom. The molecule has 0 fully saturated rings. The topological polar surface area (TPSA) is 57.2 Å². The highest BCUT2D eigenvalue weighted by molar-refractivity contribution is 5.88. The van der Waals surface area contributed by atoms with Crippen molar-refractivity contribution in [2.75, 3.05) is 27.2 Å². The van der Waals surface area contributed by atoms with Gasteiger partial charge in [0.2, 0.25) is 0 Å². The normalized spacial score (nSPS) is 11.1. The molecule has 4 heteroatoms. The Bertz CT molecular complexity index is 259. The standard InChI is InChI=1S/C12H21NO3/c1-4-11(14)7-5-9-13(2,3)10-6-8-12(15)16/h4H,1,5-10H2,2-3H3. The number of quaternary nitrogens is 1. The lowest BCUT2D eigenvalue weighted by Crippen LogP contribution is -2.41. The molecule has 92 valence electrons. The van der Waals surface area contributed by atoms with Gasteiger partial charge in [0.25, 0.3) is 0 Å². The van der Waals surface area contributed by atoms with E-state index in [-0.39, 0.29) is 12.2 Å². The zero-order valence-electron chi connectivity index (χ0n) is 10.2. The molecule has 0 spiro atoms. The van der Waals surface area contributed by atoms with Gasteiger partial charge in [-0.1, -0.05) is 6.58 Å². The average Bonchev–Trinajstić information content (AvgIpc) is 2.16. The molecule has 0 bridgehead atoms. The minimum Gasteiger partial charge on any atom is -0.550 e. The van der Waals surface area contributed by atoms with Crippen molar-refractivity contribution in [2.24, 2.45) is 0 Å². The van der Waals surface area contributed by atoms with Gasteiger partial charge in [0.15, 0.2) is 5.78 Å². The van der Waals surface area contributed by atoms with Crippen molar-refractivity contribution in [2.45, 2.75) is 25.7 Å². The fourth-order valence-electron chi connectivity index (χ4n) is 1.55. The van der Waals surface area contributed by atoms with E-state index in [1.807, 2.05) is 14.1 Å². The zero-order valence-corrected chi connectivity index (χ0v) is 10.2. The van der Waals surface area contributed by atoms with Crippen molar-refractivity contribution in [3.8, 4) is 0 Å². The molecule has 0 heterocycles. The van der Waals surface area contributed by atoms with E-state index < -0.39 is 5.97 Å². The number of aliphatic carboxylic acids is 1. The zero-order chi connectivity index (χ0) is 12.6. The first-order valence-electron chi connectivity index (χ1n) is 5.54. The Morgan fingerprint density at radius 1 is 1.19 bits per heavy atom. The summed E-state index contributed by atoms with van der Waals surface area (Å²) in [6.45, 7) is 5.07. The van der Waals surface area contributed by atoms with Gasteiger partial charge in [0.05, 0.1) is 27.2 Å². The molecule has 0 aliphatic heterocycles. The number of carboxylic acids is 1. The number of carbonyl (C=O) groups excluding carboxylic acids is 2. The van der Waals surface area contributed by atoms with Gasteiger partial charge < -0.3 is 14.4 Å². The SMILES string of the molecule is C=CC(=O)CCC[N+](C)(C)CCCC(=O)[O-]. The molecule has 0 aliphatic rings. The van der Waals surface area contributed by atoms with Crippen LogP contribution < -0.4 is 5.11 Å². The molecule has 0 rings (SSSR count). The number of carboxylic acid groups (broad SMARTS) is 1. The van der Waals surface area contributed by atoms with E-state index in [9.17, 15) is 14.7 Å². The van der Waals surface area contributed by atoms with Crippen molar-refractivity contribution < 1.29 is 19.2 Å². The summed E-state index contributed by atoms with van der Waals surface area (Å²) in [6, 6.07) is 0. The van der Waals surface area contributed by atoms with E-state index in [1.54, 1.807) is 0 Å². The summed E-state index contributed by atoms with van der Waals surface area (Å²) >= 11 is 0. The highest BCUT2D eigenvalue weighted by Crippen LogP contribution is 2.05. The first kappa shape index (κ1) is 14.8. The highest BCUT2D eigenvalue weighted by atomic mass is 16.4. The quantitative estimate of drug-likeness (QED) is 0.415. The second-order valence-corrected chi connectivity index (χ2v) is 4.63. The Morgan fingerprint density at radius 3 is 2.12 bits per heavy atom. The number of rotatable bonds is 9. The predicted molar refractivity (Wildman–Crippen MR) is 60.5 cm³/mol. The summed E-state index contributed by atoms with van der Waals surface area (Å²) in [5, 5.41) is 10.3. The summed E-state index contributed by atoms with van der Waals surface area (Å²) in [5.74, 6) is -0.934. The van der Waals surface area contributed by atoms with E-state index in [0.29, 0.717) is 12.8 Å². The molecule has 0 aliphatic carbocycles. The molecule has 0 N–H and O–H groups in total. The minimum absolute atomic E-state index is 0.0646. The van der Waals surface area contributed by atoms with Gasteiger partial charge in [-0.15, -0.1) is 0 Å². The van der Waals surface area contributed by atoms with Gasteiger partial charge >= 0.3 is 0 Å². The Balaban J connectivity index is 3.73. The van der Waals surface area contributed by atoms with Crippen LogP contribution in [-0.4, -0.2) is 43.4 Å². The predicted octanol–water partition coefficient (Wildman–Crippen LogP) is 0.128. The van der Waals surface area contributed by atoms with Crippen LogP contribution in [0.1, 0.15) is 25.7 Å². The van der Waals surface area contributed by atoms with Gasteiger partial charge in [-0.05, 0) is 12.5 Å². The van der Waals surface area contributed by atoms with Gasteiger partial charge in [-0.2, -0.15) is 0 Å². The number of allylic oxidation sites excluding steroid dienone is 1. The molecule has 16 heavy (non-hydrogen) atoms. The Hall–Kier alpha value is -1.16. The number of hydrogen-bond acceptors (Lipinski definition) is 3. The molecular weight excluding hydrogens is 206 g/mol. The molecule has 0 saturated heterocycles. The summed E-state index contributed by atoms with van der Waals surface area (Å²) < 4.78 is 0.734. The summed E-state index contributed by atoms with van der Waals surface area (Å²) in [7, 11) is 4.07. The van der Waals surface area contributed by atoms with E-state index in [4.69, 9.17) is 0 Å². The van der Waals surface area contributed by atoms with Crippen LogP contribution in [0.3, 0.4) is 0 Å². The third-order valence-corrected chi connectivity index (χ3v) is 2.56. The molecule has 0 aromatic rings. The van der Waals surface area contributed by atoms with E-state index in [2.05, 4.69) is 6.58 Å². The lowest BCUT2D eigenvalue weighted by molar-refractivity contribution is -0.890. The van der Waals surface area contributed by atoms with E-state index in [1.165, 1.54) is 6.08 Å². The molecule has 0 unspecified atom stereocenters. The molecule has 0 atom stereocenters. The Labute approximate surface area is 97.2 Å². The number of ketones is 1. The molecule has 0 radical (unpaired) electrons. The maximum Gasteiger partial charge on any atom is 0.155 e. The van der Waals surface area contributed by atoms with Crippen LogP contribution in [0.2, 0.25) is 0 Å². The third kappa shape index (κ3) is 8.17. The summed E-state index contributed by atoms with van der Waals surface area (Å²) in [4.78, 5) is 21.2.